The Kier molecular flexibility index (Phi) is 3.46. The number of aryl methyl sites for hydroxylation is 1. The minimum Gasteiger partial charge on any atom is -0.335 e. The first kappa shape index (κ1) is 14.1. The number of anilines is 2. The Bertz CT molecular complexity index is 827. The van der Waals surface area contributed by atoms with E-state index in [0.29, 0.717) is 22.3 Å². The number of benzene rings is 1. The van der Waals surface area contributed by atoms with Crippen LogP contribution in [0.3, 0.4) is 0 Å². The van der Waals surface area contributed by atoms with Crippen molar-refractivity contribution >= 4 is 44.7 Å². The third-order valence-electron chi connectivity index (χ3n) is 2.74. The highest BCUT2D eigenvalue weighted by Crippen LogP contribution is 2.32. The first-order valence-corrected chi connectivity index (χ1v) is 6.99. The van der Waals surface area contributed by atoms with Gasteiger partial charge in [0.15, 0.2) is 11.6 Å². The van der Waals surface area contributed by atoms with Crippen LogP contribution in [0.15, 0.2) is 18.2 Å². The predicted octanol–water partition coefficient (Wildman–Crippen LogP) is 4.81. The topological polar surface area (TPSA) is 37.8 Å². The van der Waals surface area contributed by atoms with Crippen LogP contribution in [-0.4, -0.2) is 9.97 Å². The summed E-state index contributed by atoms with van der Waals surface area (Å²) < 4.78 is 40.3. The zero-order valence-electron chi connectivity index (χ0n) is 10.5. The Morgan fingerprint density at radius 2 is 1.76 bits per heavy atom. The van der Waals surface area contributed by atoms with Gasteiger partial charge in [-0.3, -0.25) is 0 Å². The van der Waals surface area contributed by atoms with Crippen molar-refractivity contribution in [1.82, 2.24) is 9.97 Å². The van der Waals surface area contributed by atoms with E-state index in [1.54, 1.807) is 6.07 Å². The quantitative estimate of drug-likeness (QED) is 0.685. The number of halogens is 4. The lowest BCUT2D eigenvalue weighted by molar-refractivity contribution is 0.549. The van der Waals surface area contributed by atoms with Gasteiger partial charge in [-0.05, 0) is 24.6 Å². The molecule has 3 rings (SSSR count). The number of thiophene rings is 1. The lowest BCUT2D eigenvalue weighted by Gasteiger charge is -2.09. The van der Waals surface area contributed by atoms with Crippen molar-refractivity contribution in [2.75, 3.05) is 5.32 Å². The van der Waals surface area contributed by atoms with Crippen molar-refractivity contribution < 1.29 is 13.2 Å². The Morgan fingerprint density at radius 1 is 1.10 bits per heavy atom. The number of hydrogen-bond acceptors (Lipinski definition) is 4. The van der Waals surface area contributed by atoms with Crippen molar-refractivity contribution in [3.63, 3.8) is 0 Å². The van der Waals surface area contributed by atoms with Crippen LogP contribution in [0.25, 0.3) is 10.2 Å². The molecule has 0 bridgehead atoms. The molecule has 0 aliphatic carbocycles. The van der Waals surface area contributed by atoms with Crippen LogP contribution in [-0.2, 0) is 0 Å². The minimum absolute atomic E-state index is 0.0465. The third kappa shape index (κ3) is 2.66. The van der Waals surface area contributed by atoms with E-state index in [4.69, 9.17) is 11.6 Å². The first-order valence-electron chi connectivity index (χ1n) is 5.79. The van der Waals surface area contributed by atoms with E-state index < -0.39 is 23.1 Å². The maximum Gasteiger partial charge on any atom is 0.225 e. The number of rotatable bonds is 2. The first-order chi connectivity index (χ1) is 9.94. The minimum atomic E-state index is -1.05. The molecule has 2 heterocycles. The standard InChI is InChI=1S/C13H7ClF3N3S/c1-5-2-7-11(19-13(14)20-12(7)21-5)18-10-8(16)3-6(15)4-9(10)17/h2-4H,1H3,(H,18,19,20). The second-order valence-electron chi connectivity index (χ2n) is 4.29. The van der Waals surface area contributed by atoms with Gasteiger partial charge in [-0.25, -0.2) is 18.2 Å². The number of hydrogen-bond donors (Lipinski definition) is 1. The van der Waals surface area contributed by atoms with Crippen LogP contribution >= 0.6 is 22.9 Å². The summed E-state index contributed by atoms with van der Waals surface area (Å²) in [5.41, 5.74) is -0.490. The van der Waals surface area contributed by atoms with Gasteiger partial charge in [0.1, 0.15) is 22.2 Å². The van der Waals surface area contributed by atoms with E-state index in [-0.39, 0.29) is 11.1 Å². The van der Waals surface area contributed by atoms with Crippen molar-refractivity contribution in [2.24, 2.45) is 0 Å². The molecule has 0 saturated heterocycles. The lowest BCUT2D eigenvalue weighted by Crippen LogP contribution is -2.01. The molecule has 8 heteroatoms. The van der Waals surface area contributed by atoms with Gasteiger partial charge in [0.25, 0.3) is 0 Å². The largest absolute Gasteiger partial charge is 0.335 e. The fourth-order valence-corrected chi connectivity index (χ4v) is 2.99. The zero-order chi connectivity index (χ0) is 15.1. The van der Waals surface area contributed by atoms with Gasteiger partial charge < -0.3 is 5.32 Å². The molecule has 3 nitrogen and oxygen atoms in total. The number of nitrogens with zero attached hydrogens (tertiary/aromatic N) is 2. The smallest absolute Gasteiger partial charge is 0.225 e. The Balaban J connectivity index is 2.14. The molecule has 0 aliphatic rings. The van der Waals surface area contributed by atoms with Crippen LogP contribution in [0.5, 0.6) is 0 Å². The van der Waals surface area contributed by atoms with E-state index in [2.05, 4.69) is 15.3 Å². The molecular formula is C13H7ClF3N3S. The van der Waals surface area contributed by atoms with Crippen LogP contribution in [0.2, 0.25) is 5.28 Å². The molecule has 3 aromatic rings. The normalized spacial score (nSPS) is 11.1. The summed E-state index contributed by atoms with van der Waals surface area (Å²) in [6.07, 6.45) is 0. The van der Waals surface area contributed by atoms with E-state index in [9.17, 15) is 13.2 Å². The molecule has 2 aromatic heterocycles. The zero-order valence-corrected chi connectivity index (χ0v) is 12.1. The van der Waals surface area contributed by atoms with Gasteiger partial charge >= 0.3 is 0 Å². The molecule has 0 radical (unpaired) electrons. The summed E-state index contributed by atoms with van der Waals surface area (Å²) in [6.45, 7) is 1.86. The van der Waals surface area contributed by atoms with E-state index in [1.807, 2.05) is 6.92 Å². The predicted molar refractivity (Wildman–Crippen MR) is 76.8 cm³/mol. The third-order valence-corrected chi connectivity index (χ3v) is 3.85. The van der Waals surface area contributed by atoms with Crippen LogP contribution < -0.4 is 5.32 Å². The van der Waals surface area contributed by atoms with Gasteiger partial charge in [-0.15, -0.1) is 11.3 Å². The van der Waals surface area contributed by atoms with Crippen LogP contribution in [0.4, 0.5) is 24.7 Å². The molecule has 0 saturated carbocycles. The van der Waals surface area contributed by atoms with Crippen molar-refractivity contribution in [1.29, 1.82) is 0 Å². The number of nitrogens with one attached hydrogen (secondary N) is 1. The van der Waals surface area contributed by atoms with E-state index in [0.717, 1.165) is 4.88 Å². The monoisotopic (exact) mass is 329 g/mol. The summed E-state index contributed by atoms with van der Waals surface area (Å²) >= 11 is 7.18. The molecular weight excluding hydrogens is 323 g/mol. The molecule has 1 aromatic carbocycles. The summed E-state index contributed by atoms with van der Waals surface area (Å²) in [5.74, 6) is -2.93. The highest BCUT2D eigenvalue weighted by Gasteiger charge is 2.15. The number of fused-ring (bicyclic) bond motifs is 1. The van der Waals surface area contributed by atoms with Crippen LogP contribution in [0.1, 0.15) is 4.88 Å². The maximum absolute atomic E-state index is 13.7. The van der Waals surface area contributed by atoms with Crippen molar-refractivity contribution in [3.8, 4) is 0 Å². The Labute approximate surface area is 126 Å². The molecule has 1 N–H and O–H groups in total. The summed E-state index contributed by atoms with van der Waals surface area (Å²) in [7, 11) is 0. The molecule has 0 atom stereocenters. The fraction of sp³-hybridized carbons (Fsp3) is 0.0769. The highest BCUT2D eigenvalue weighted by molar-refractivity contribution is 7.18. The molecule has 108 valence electrons. The van der Waals surface area contributed by atoms with E-state index in [1.165, 1.54) is 11.3 Å². The summed E-state index contributed by atoms with van der Waals surface area (Å²) in [4.78, 5) is 9.52. The van der Waals surface area contributed by atoms with Crippen molar-refractivity contribution in [2.45, 2.75) is 6.92 Å². The SMILES string of the molecule is Cc1cc2c(Nc3c(F)cc(F)cc3F)nc(Cl)nc2s1. The van der Waals surface area contributed by atoms with Gasteiger partial charge in [-0.2, -0.15) is 4.98 Å². The average molecular weight is 330 g/mol. The van der Waals surface area contributed by atoms with Gasteiger partial charge in [-0.1, -0.05) is 0 Å². The summed E-state index contributed by atoms with van der Waals surface area (Å²) in [5, 5.41) is 3.06. The second kappa shape index (κ2) is 5.16. The van der Waals surface area contributed by atoms with Gasteiger partial charge in [0.05, 0.1) is 5.39 Å². The van der Waals surface area contributed by atoms with Gasteiger partial charge in [0, 0.05) is 17.0 Å². The van der Waals surface area contributed by atoms with Gasteiger partial charge in [0.2, 0.25) is 5.28 Å². The Hall–Kier alpha value is -1.86. The number of aromatic nitrogens is 2. The molecule has 0 aliphatic heterocycles. The molecule has 0 unspecified atom stereocenters. The average Bonchev–Trinajstić information content (AvgIpc) is 2.73. The Morgan fingerprint density at radius 3 is 2.43 bits per heavy atom. The molecule has 0 fully saturated rings. The van der Waals surface area contributed by atoms with Crippen molar-refractivity contribution in [3.05, 3.63) is 45.8 Å². The van der Waals surface area contributed by atoms with Crippen LogP contribution in [0, 0.1) is 24.4 Å². The molecule has 0 amide bonds. The second-order valence-corrected chi connectivity index (χ2v) is 5.86. The highest BCUT2D eigenvalue weighted by atomic mass is 35.5. The fourth-order valence-electron chi connectivity index (χ4n) is 1.89. The lowest BCUT2D eigenvalue weighted by atomic mass is 10.2. The molecule has 0 spiro atoms. The maximum atomic E-state index is 13.7. The molecule has 21 heavy (non-hydrogen) atoms. The summed E-state index contributed by atoms with van der Waals surface area (Å²) in [6, 6.07) is 2.95. The van der Waals surface area contributed by atoms with E-state index >= 15 is 0 Å².